The number of rotatable bonds is 8. The maximum Gasteiger partial charge on any atom is 0.255 e. The van der Waals surface area contributed by atoms with Gasteiger partial charge < -0.3 is 10.6 Å². The predicted molar refractivity (Wildman–Crippen MR) is 144 cm³/mol. The van der Waals surface area contributed by atoms with E-state index < -0.39 is 0 Å². The fourth-order valence-corrected chi connectivity index (χ4v) is 5.22. The molecule has 1 atom stereocenters. The molecule has 9 heteroatoms. The molecule has 1 unspecified atom stereocenters. The third-order valence-electron chi connectivity index (χ3n) is 5.63. The molecular formula is C26H27ClN6OS. The minimum absolute atomic E-state index is 0.125. The van der Waals surface area contributed by atoms with Crippen LogP contribution in [0, 0.1) is 6.92 Å². The molecule has 0 aliphatic rings. The number of thioether (sulfide) groups is 1. The lowest BCUT2D eigenvalue weighted by Crippen LogP contribution is -2.13. The first-order valence-corrected chi connectivity index (χ1v) is 12.9. The first kappa shape index (κ1) is 24.8. The Kier molecular flexibility index (Phi) is 7.73. The number of nitrogens with one attached hydrogen (secondary N) is 2. The second-order valence-electron chi connectivity index (χ2n) is 7.92. The molecule has 0 saturated heterocycles. The maximum atomic E-state index is 12.9. The summed E-state index contributed by atoms with van der Waals surface area (Å²) in [5, 5.41) is 11.5. The zero-order valence-electron chi connectivity index (χ0n) is 20.0. The van der Waals surface area contributed by atoms with Gasteiger partial charge in [0.05, 0.1) is 22.3 Å². The third kappa shape index (κ3) is 5.18. The van der Waals surface area contributed by atoms with Crippen LogP contribution in [0.4, 0.5) is 11.5 Å². The quantitative estimate of drug-likeness (QED) is 0.306. The lowest BCUT2D eigenvalue weighted by atomic mass is 10.0. The highest BCUT2D eigenvalue weighted by Crippen LogP contribution is 2.45. The fourth-order valence-electron chi connectivity index (χ4n) is 3.95. The van der Waals surface area contributed by atoms with Crippen molar-refractivity contribution in [2.75, 3.05) is 23.4 Å². The summed E-state index contributed by atoms with van der Waals surface area (Å²) in [5.74, 6) is 0.677. The van der Waals surface area contributed by atoms with Crippen molar-refractivity contribution in [2.45, 2.75) is 19.1 Å². The number of nitrogens with zero attached hydrogens (tertiary/aromatic N) is 4. The van der Waals surface area contributed by atoms with Gasteiger partial charge in [0.25, 0.3) is 5.91 Å². The van der Waals surface area contributed by atoms with Gasteiger partial charge in [-0.3, -0.25) is 19.4 Å². The Labute approximate surface area is 214 Å². The SMILES string of the molecule is CCNc1c(C(SC)c2ccc(C(=O)Nc3cccnc3C)cc2Cl)c(-c2ccccn2)nn1C. The minimum Gasteiger partial charge on any atom is -0.370 e. The maximum absolute atomic E-state index is 12.9. The van der Waals surface area contributed by atoms with Crippen molar-refractivity contribution in [3.05, 3.63) is 88.3 Å². The molecule has 180 valence electrons. The van der Waals surface area contributed by atoms with E-state index in [1.54, 1.807) is 42.4 Å². The number of amides is 1. The molecule has 2 N–H and O–H groups in total. The summed E-state index contributed by atoms with van der Waals surface area (Å²) >= 11 is 8.45. The van der Waals surface area contributed by atoms with Crippen molar-refractivity contribution < 1.29 is 4.79 Å². The summed E-state index contributed by atoms with van der Waals surface area (Å²) in [6.07, 6.45) is 5.50. The molecule has 3 heterocycles. The molecule has 3 aromatic heterocycles. The Morgan fingerprint density at radius 3 is 2.60 bits per heavy atom. The van der Waals surface area contributed by atoms with Crippen molar-refractivity contribution >= 4 is 40.8 Å². The molecule has 0 saturated carbocycles. The first-order valence-electron chi connectivity index (χ1n) is 11.2. The molecule has 0 radical (unpaired) electrons. The number of carbonyl (C=O) groups is 1. The molecule has 0 fully saturated rings. The molecule has 0 aliphatic carbocycles. The summed E-state index contributed by atoms with van der Waals surface area (Å²) in [6.45, 7) is 4.65. The van der Waals surface area contributed by atoms with Gasteiger partial charge >= 0.3 is 0 Å². The molecule has 4 aromatic rings. The number of pyridine rings is 2. The summed E-state index contributed by atoms with van der Waals surface area (Å²) in [4.78, 5) is 21.6. The van der Waals surface area contributed by atoms with Gasteiger partial charge in [0, 0.05) is 42.1 Å². The van der Waals surface area contributed by atoms with Crippen molar-refractivity contribution in [1.82, 2.24) is 19.7 Å². The molecule has 35 heavy (non-hydrogen) atoms. The Balaban J connectivity index is 1.73. The van der Waals surface area contributed by atoms with Crippen LogP contribution in [0.15, 0.2) is 60.9 Å². The highest BCUT2D eigenvalue weighted by atomic mass is 35.5. The van der Waals surface area contributed by atoms with Gasteiger partial charge in [0.2, 0.25) is 0 Å². The third-order valence-corrected chi connectivity index (χ3v) is 6.92. The van der Waals surface area contributed by atoms with Crippen LogP contribution in [0.25, 0.3) is 11.4 Å². The van der Waals surface area contributed by atoms with Crippen LogP contribution in [0.3, 0.4) is 0 Å². The van der Waals surface area contributed by atoms with E-state index in [2.05, 4.69) is 27.5 Å². The van der Waals surface area contributed by atoms with Crippen LogP contribution >= 0.6 is 23.4 Å². The topological polar surface area (TPSA) is 84.7 Å². The number of aryl methyl sites for hydroxylation is 2. The van der Waals surface area contributed by atoms with Crippen LogP contribution in [0.1, 0.15) is 39.4 Å². The number of hydrogen-bond donors (Lipinski definition) is 2. The van der Waals surface area contributed by atoms with Gasteiger partial charge in [-0.1, -0.05) is 23.7 Å². The average Bonchev–Trinajstić information content (AvgIpc) is 3.18. The van der Waals surface area contributed by atoms with Gasteiger partial charge in [0.1, 0.15) is 11.5 Å². The number of carbonyl (C=O) groups excluding carboxylic acids is 1. The predicted octanol–water partition coefficient (Wildman–Crippen LogP) is 5.98. The van der Waals surface area contributed by atoms with Crippen LogP contribution < -0.4 is 10.6 Å². The van der Waals surface area contributed by atoms with E-state index in [4.69, 9.17) is 16.7 Å². The monoisotopic (exact) mass is 506 g/mol. The molecule has 4 rings (SSSR count). The lowest BCUT2D eigenvalue weighted by molar-refractivity contribution is 0.102. The summed E-state index contributed by atoms with van der Waals surface area (Å²) < 4.78 is 1.85. The van der Waals surface area contributed by atoms with E-state index in [0.717, 1.165) is 40.6 Å². The number of anilines is 2. The largest absolute Gasteiger partial charge is 0.370 e. The van der Waals surface area contributed by atoms with E-state index in [-0.39, 0.29) is 11.2 Å². The van der Waals surface area contributed by atoms with Gasteiger partial charge in [-0.15, -0.1) is 0 Å². The van der Waals surface area contributed by atoms with Gasteiger partial charge in [0.15, 0.2) is 0 Å². The summed E-state index contributed by atoms with van der Waals surface area (Å²) in [7, 11) is 1.92. The van der Waals surface area contributed by atoms with Crippen molar-refractivity contribution in [1.29, 1.82) is 0 Å². The van der Waals surface area contributed by atoms with Gasteiger partial charge in [-0.05, 0) is 62.1 Å². The normalized spacial score (nSPS) is 11.8. The molecule has 0 bridgehead atoms. The van der Waals surface area contributed by atoms with E-state index in [9.17, 15) is 4.79 Å². The molecule has 0 aliphatic heterocycles. The van der Waals surface area contributed by atoms with E-state index in [0.29, 0.717) is 16.3 Å². The Bertz CT molecular complexity index is 1340. The van der Waals surface area contributed by atoms with Gasteiger partial charge in [-0.2, -0.15) is 16.9 Å². The molecular weight excluding hydrogens is 480 g/mol. The smallest absolute Gasteiger partial charge is 0.255 e. The Hall–Kier alpha value is -3.36. The zero-order valence-corrected chi connectivity index (χ0v) is 21.6. The van der Waals surface area contributed by atoms with Crippen LogP contribution in [-0.2, 0) is 7.05 Å². The molecule has 1 aromatic carbocycles. The average molecular weight is 507 g/mol. The van der Waals surface area contributed by atoms with E-state index in [1.165, 1.54) is 0 Å². The fraction of sp³-hybridized carbons (Fsp3) is 0.231. The summed E-state index contributed by atoms with van der Waals surface area (Å²) in [5.41, 5.74) is 5.40. The second-order valence-corrected chi connectivity index (χ2v) is 9.27. The van der Waals surface area contributed by atoms with Gasteiger partial charge in [-0.25, -0.2) is 0 Å². The highest BCUT2D eigenvalue weighted by molar-refractivity contribution is 7.99. The van der Waals surface area contributed by atoms with Crippen LogP contribution in [-0.4, -0.2) is 38.5 Å². The minimum atomic E-state index is -0.237. The lowest BCUT2D eigenvalue weighted by Gasteiger charge is -2.20. The zero-order chi connectivity index (χ0) is 24.9. The number of hydrogen-bond acceptors (Lipinski definition) is 6. The second kappa shape index (κ2) is 10.9. The number of benzene rings is 1. The number of aromatic nitrogens is 4. The van der Waals surface area contributed by atoms with Crippen LogP contribution in [0.2, 0.25) is 5.02 Å². The van der Waals surface area contributed by atoms with Crippen LogP contribution in [0.5, 0.6) is 0 Å². The first-order chi connectivity index (χ1) is 16.9. The van der Waals surface area contributed by atoms with E-state index >= 15 is 0 Å². The van der Waals surface area contributed by atoms with E-state index in [1.807, 2.05) is 55.2 Å². The van der Waals surface area contributed by atoms with Crippen molar-refractivity contribution in [3.63, 3.8) is 0 Å². The van der Waals surface area contributed by atoms with Crippen molar-refractivity contribution in [2.24, 2.45) is 7.05 Å². The molecule has 0 spiro atoms. The Morgan fingerprint density at radius 2 is 1.94 bits per heavy atom. The molecule has 1 amide bonds. The number of halogens is 1. The standard InChI is InChI=1S/C26H27ClN6OS/c1-5-28-25-22(23(32-33(25)3)21-9-6-7-13-30-21)24(35-4)18-12-11-17(15-19(18)27)26(34)31-20-10-8-14-29-16(20)2/h6-15,24,28H,5H2,1-4H3,(H,31,34). The van der Waals surface area contributed by atoms with Crippen molar-refractivity contribution in [3.8, 4) is 11.4 Å². The summed E-state index contributed by atoms with van der Waals surface area (Å²) in [6, 6.07) is 14.8. The molecule has 7 nitrogen and oxygen atoms in total. The highest BCUT2D eigenvalue weighted by Gasteiger charge is 2.28. The Morgan fingerprint density at radius 1 is 1.14 bits per heavy atom.